The smallest absolute Gasteiger partial charge is 0.290 e. The number of halogens is 1. The number of nitrogens with one attached hydrogen (secondary N) is 1. The number of amides is 1. The molecular weight excluding hydrogens is 307 g/mol. The molecule has 1 amide bonds. The van der Waals surface area contributed by atoms with Crippen molar-refractivity contribution >= 4 is 28.5 Å². The molecule has 1 heterocycles. The molecule has 15 heavy (non-hydrogen) atoms. The van der Waals surface area contributed by atoms with Crippen LogP contribution in [0.1, 0.15) is 30.1 Å². The van der Waals surface area contributed by atoms with Crippen molar-refractivity contribution in [1.29, 1.82) is 0 Å². The third kappa shape index (κ3) is 3.48. The zero-order chi connectivity index (χ0) is 11.4. The maximum atomic E-state index is 11.7. The fourth-order valence-electron chi connectivity index (χ4n) is 1.09. The summed E-state index contributed by atoms with van der Waals surface area (Å²) >= 11 is 2.26. The predicted octanol–water partition coefficient (Wildman–Crippen LogP) is 2.17. The highest BCUT2D eigenvalue weighted by atomic mass is 127. The lowest BCUT2D eigenvalue weighted by Gasteiger charge is -2.18. The van der Waals surface area contributed by atoms with Gasteiger partial charge in [-0.05, 0) is 12.8 Å². The van der Waals surface area contributed by atoms with Crippen LogP contribution in [-0.2, 0) is 0 Å². The Hall–Kier alpha value is -0.590. The number of carbonyl (C=O) groups is 1. The normalized spacial score (nSPS) is 12.9. The van der Waals surface area contributed by atoms with E-state index in [2.05, 4.69) is 46.9 Å². The van der Waals surface area contributed by atoms with Crippen LogP contribution in [0, 0.1) is 12.8 Å². The highest BCUT2D eigenvalue weighted by Crippen LogP contribution is 2.08. The first kappa shape index (κ1) is 12.5. The highest BCUT2D eigenvalue weighted by molar-refractivity contribution is 14.1. The molecule has 0 bridgehead atoms. The second kappa shape index (κ2) is 5.48. The molecule has 84 valence electrons. The molecule has 0 fully saturated rings. The predicted molar refractivity (Wildman–Crippen MR) is 66.2 cm³/mol. The minimum absolute atomic E-state index is 0.170. The summed E-state index contributed by atoms with van der Waals surface area (Å²) in [7, 11) is 0. The summed E-state index contributed by atoms with van der Waals surface area (Å²) in [4.78, 5) is 11.7. The van der Waals surface area contributed by atoms with Crippen LogP contribution >= 0.6 is 22.6 Å². The van der Waals surface area contributed by atoms with Crippen LogP contribution in [0.2, 0.25) is 0 Å². The molecule has 5 heteroatoms. The van der Waals surface area contributed by atoms with Crippen molar-refractivity contribution in [2.45, 2.75) is 26.8 Å². The average Bonchev–Trinajstić information content (AvgIpc) is 2.60. The molecule has 0 aromatic carbocycles. The molecule has 0 spiro atoms. The van der Waals surface area contributed by atoms with Gasteiger partial charge in [-0.3, -0.25) is 4.79 Å². The van der Waals surface area contributed by atoms with Gasteiger partial charge in [0.25, 0.3) is 5.91 Å². The molecule has 0 aliphatic rings. The fraction of sp³-hybridized carbons (Fsp3) is 0.600. The monoisotopic (exact) mass is 322 g/mol. The average molecular weight is 322 g/mol. The summed E-state index contributed by atoms with van der Waals surface area (Å²) in [5, 5.41) is 6.59. The number of aryl methyl sites for hydroxylation is 1. The van der Waals surface area contributed by atoms with Gasteiger partial charge in [-0.2, -0.15) is 0 Å². The summed E-state index contributed by atoms with van der Waals surface area (Å²) < 4.78 is 5.77. The molecule has 1 atom stereocenters. The minimum atomic E-state index is -0.189. The van der Waals surface area contributed by atoms with E-state index >= 15 is 0 Å². The quantitative estimate of drug-likeness (QED) is 0.683. The first-order valence-corrected chi connectivity index (χ1v) is 6.37. The van der Waals surface area contributed by atoms with E-state index in [0.29, 0.717) is 5.92 Å². The first-order chi connectivity index (χ1) is 7.04. The van der Waals surface area contributed by atoms with Crippen LogP contribution in [0.3, 0.4) is 0 Å². The van der Waals surface area contributed by atoms with Crippen molar-refractivity contribution in [1.82, 2.24) is 10.5 Å². The maximum absolute atomic E-state index is 11.7. The molecule has 0 radical (unpaired) electrons. The standard InChI is InChI=1S/C10H15IN2O2/c1-6(2)8(5-11)12-10(14)9-4-7(3)13-15-9/h4,6,8H,5H2,1-3H3,(H,12,14). The highest BCUT2D eigenvalue weighted by Gasteiger charge is 2.18. The van der Waals surface area contributed by atoms with Crippen molar-refractivity contribution in [3.63, 3.8) is 0 Å². The van der Waals surface area contributed by atoms with Gasteiger partial charge in [0.15, 0.2) is 0 Å². The number of hydrogen-bond acceptors (Lipinski definition) is 3. The van der Waals surface area contributed by atoms with E-state index in [-0.39, 0.29) is 17.7 Å². The second-order valence-electron chi connectivity index (χ2n) is 3.81. The largest absolute Gasteiger partial charge is 0.351 e. The van der Waals surface area contributed by atoms with E-state index in [4.69, 9.17) is 4.52 Å². The minimum Gasteiger partial charge on any atom is -0.351 e. The number of rotatable bonds is 4. The second-order valence-corrected chi connectivity index (χ2v) is 4.69. The van der Waals surface area contributed by atoms with Gasteiger partial charge in [0.2, 0.25) is 5.76 Å². The maximum Gasteiger partial charge on any atom is 0.290 e. The Labute approximate surface area is 103 Å². The topological polar surface area (TPSA) is 55.1 Å². The van der Waals surface area contributed by atoms with Gasteiger partial charge in [0, 0.05) is 16.5 Å². The summed E-state index contributed by atoms with van der Waals surface area (Å²) in [6.45, 7) is 5.95. The van der Waals surface area contributed by atoms with Crippen molar-refractivity contribution in [3.05, 3.63) is 17.5 Å². The van der Waals surface area contributed by atoms with Crippen LogP contribution in [0.5, 0.6) is 0 Å². The lowest BCUT2D eigenvalue weighted by Crippen LogP contribution is -2.39. The molecule has 1 aromatic heterocycles. The number of hydrogen-bond donors (Lipinski definition) is 1. The molecular formula is C10H15IN2O2. The van der Waals surface area contributed by atoms with Crippen LogP contribution in [-0.4, -0.2) is 21.5 Å². The van der Waals surface area contributed by atoms with Gasteiger partial charge in [0.05, 0.1) is 5.69 Å². The van der Waals surface area contributed by atoms with E-state index < -0.39 is 0 Å². The molecule has 4 nitrogen and oxygen atoms in total. The first-order valence-electron chi connectivity index (χ1n) is 4.84. The Bertz CT molecular complexity index is 336. The van der Waals surface area contributed by atoms with Gasteiger partial charge in [-0.1, -0.05) is 41.6 Å². The Morgan fingerprint density at radius 2 is 2.33 bits per heavy atom. The molecule has 1 rings (SSSR count). The summed E-state index contributed by atoms with van der Waals surface area (Å²) in [6, 6.07) is 1.81. The third-order valence-electron chi connectivity index (χ3n) is 2.14. The summed E-state index contributed by atoms with van der Waals surface area (Å²) in [6.07, 6.45) is 0. The Morgan fingerprint density at radius 3 is 2.73 bits per heavy atom. The van der Waals surface area contributed by atoms with Crippen LogP contribution in [0.4, 0.5) is 0 Å². The third-order valence-corrected chi connectivity index (χ3v) is 3.09. The lowest BCUT2D eigenvalue weighted by atomic mass is 10.1. The van der Waals surface area contributed by atoms with Crippen molar-refractivity contribution < 1.29 is 9.32 Å². The van der Waals surface area contributed by atoms with Crippen molar-refractivity contribution in [2.24, 2.45) is 5.92 Å². The van der Waals surface area contributed by atoms with E-state index in [0.717, 1.165) is 10.1 Å². The number of alkyl halides is 1. The Balaban J connectivity index is 2.62. The van der Waals surface area contributed by atoms with Crippen LogP contribution in [0.25, 0.3) is 0 Å². The zero-order valence-corrected chi connectivity index (χ0v) is 11.2. The molecule has 0 aliphatic carbocycles. The van der Waals surface area contributed by atoms with E-state index in [1.54, 1.807) is 13.0 Å². The van der Waals surface area contributed by atoms with Crippen molar-refractivity contribution in [2.75, 3.05) is 4.43 Å². The van der Waals surface area contributed by atoms with Crippen molar-refractivity contribution in [3.8, 4) is 0 Å². The molecule has 1 unspecified atom stereocenters. The lowest BCUT2D eigenvalue weighted by molar-refractivity contribution is 0.0894. The zero-order valence-electron chi connectivity index (χ0n) is 9.08. The van der Waals surface area contributed by atoms with Gasteiger partial charge >= 0.3 is 0 Å². The fourth-order valence-corrected chi connectivity index (χ4v) is 2.33. The van der Waals surface area contributed by atoms with Crippen LogP contribution in [0.15, 0.2) is 10.6 Å². The van der Waals surface area contributed by atoms with Gasteiger partial charge < -0.3 is 9.84 Å². The van der Waals surface area contributed by atoms with E-state index in [1.165, 1.54) is 0 Å². The van der Waals surface area contributed by atoms with E-state index in [1.807, 2.05) is 0 Å². The van der Waals surface area contributed by atoms with Gasteiger partial charge in [-0.15, -0.1) is 0 Å². The Kier molecular flexibility index (Phi) is 4.56. The molecule has 0 saturated heterocycles. The van der Waals surface area contributed by atoms with E-state index in [9.17, 15) is 4.79 Å². The van der Waals surface area contributed by atoms with Crippen LogP contribution < -0.4 is 5.32 Å². The molecule has 1 N–H and O–H groups in total. The molecule has 1 aromatic rings. The summed E-state index contributed by atoms with van der Waals surface area (Å²) in [5.41, 5.74) is 0.718. The molecule has 0 aliphatic heterocycles. The number of carbonyl (C=O) groups excluding carboxylic acids is 1. The van der Waals surface area contributed by atoms with Gasteiger partial charge in [-0.25, -0.2) is 0 Å². The SMILES string of the molecule is Cc1cc(C(=O)NC(CI)C(C)C)on1. The summed E-state index contributed by atoms with van der Waals surface area (Å²) in [5.74, 6) is 0.504. The van der Waals surface area contributed by atoms with Gasteiger partial charge in [0.1, 0.15) is 0 Å². The molecule has 0 saturated carbocycles. The number of aromatic nitrogens is 1. The Morgan fingerprint density at radius 1 is 1.67 bits per heavy atom. The number of nitrogens with zero attached hydrogens (tertiary/aromatic N) is 1.